The highest BCUT2D eigenvalue weighted by molar-refractivity contribution is 7.80. The summed E-state index contributed by atoms with van der Waals surface area (Å²) in [6.07, 6.45) is 1.65. The van der Waals surface area contributed by atoms with E-state index in [9.17, 15) is 9.00 Å². The molecule has 5 heteroatoms. The highest BCUT2D eigenvalue weighted by atomic mass is 32.2. The van der Waals surface area contributed by atoms with Crippen LogP contribution in [0.2, 0.25) is 0 Å². The Kier molecular flexibility index (Phi) is 2.14. The van der Waals surface area contributed by atoms with E-state index in [1.54, 1.807) is 0 Å². The van der Waals surface area contributed by atoms with Gasteiger partial charge in [0, 0.05) is 11.7 Å². The van der Waals surface area contributed by atoms with Crippen LogP contribution in [0, 0.1) is 17.8 Å². The highest BCUT2D eigenvalue weighted by Crippen LogP contribution is 2.55. The van der Waals surface area contributed by atoms with Crippen LogP contribution in [0.3, 0.4) is 0 Å². The van der Waals surface area contributed by atoms with Crippen LogP contribution in [-0.2, 0) is 24.8 Å². The number of hydrogen-bond acceptors (Lipinski definition) is 4. The Morgan fingerprint density at radius 1 is 1.53 bits per heavy atom. The van der Waals surface area contributed by atoms with Crippen LogP contribution in [-0.4, -0.2) is 28.1 Å². The van der Waals surface area contributed by atoms with Crippen molar-refractivity contribution in [1.82, 2.24) is 0 Å². The summed E-state index contributed by atoms with van der Waals surface area (Å²) in [7, 11) is 0. The summed E-state index contributed by atoms with van der Waals surface area (Å²) >= 11 is -1.22. The van der Waals surface area contributed by atoms with E-state index in [0.717, 1.165) is 12.8 Å². The third-order valence-electron chi connectivity index (χ3n) is 3.87. The molecule has 15 heavy (non-hydrogen) atoms. The number of hydrogen-bond donors (Lipinski definition) is 0. The molecule has 0 N–H and O–H groups in total. The summed E-state index contributed by atoms with van der Waals surface area (Å²) < 4.78 is 22.1. The zero-order chi connectivity index (χ0) is 10.6. The average molecular weight is 230 g/mol. The number of fused-ring (bicyclic) bond motifs is 1. The number of esters is 1. The molecule has 3 aliphatic rings. The fourth-order valence-corrected chi connectivity index (χ4v) is 3.88. The molecule has 4 nitrogen and oxygen atoms in total. The molecular weight excluding hydrogens is 216 g/mol. The highest BCUT2D eigenvalue weighted by Gasteiger charge is 2.62. The Hall–Kier alpha value is -0.420. The molecule has 84 valence electrons. The van der Waals surface area contributed by atoms with Gasteiger partial charge in [-0.15, -0.1) is 0 Å². The minimum atomic E-state index is -1.22. The van der Waals surface area contributed by atoms with E-state index in [-0.39, 0.29) is 24.1 Å². The normalized spacial score (nSPS) is 48.3. The van der Waals surface area contributed by atoms with Crippen LogP contribution in [0.25, 0.3) is 0 Å². The van der Waals surface area contributed by atoms with Crippen molar-refractivity contribution in [1.29, 1.82) is 0 Å². The van der Waals surface area contributed by atoms with Crippen molar-refractivity contribution in [2.24, 2.45) is 17.8 Å². The summed E-state index contributed by atoms with van der Waals surface area (Å²) in [4.78, 5) is 11.4. The van der Waals surface area contributed by atoms with Gasteiger partial charge in [-0.2, -0.15) is 0 Å². The zero-order valence-electron chi connectivity index (χ0n) is 8.55. The first-order valence-corrected chi connectivity index (χ1v) is 6.71. The Labute approximate surface area is 91.0 Å². The standard InChI is InChI=1S/C10H14O4S/c1-2-15(12)14-8-5-3-6-7(4-5)10(11)13-9(6)8/h5-9H,2-4H2,1H3. The predicted molar refractivity (Wildman–Crippen MR) is 53.1 cm³/mol. The van der Waals surface area contributed by atoms with Crippen LogP contribution < -0.4 is 0 Å². The second kappa shape index (κ2) is 3.28. The molecule has 0 aromatic heterocycles. The predicted octanol–water partition coefficient (Wildman–Crippen LogP) is 0.637. The largest absolute Gasteiger partial charge is 0.459 e. The van der Waals surface area contributed by atoms with Gasteiger partial charge in [0.25, 0.3) is 0 Å². The van der Waals surface area contributed by atoms with Gasteiger partial charge in [-0.25, -0.2) is 4.21 Å². The molecule has 1 heterocycles. The summed E-state index contributed by atoms with van der Waals surface area (Å²) in [5, 5.41) is 0. The van der Waals surface area contributed by atoms with Crippen molar-refractivity contribution >= 4 is 17.0 Å². The topological polar surface area (TPSA) is 52.6 Å². The molecule has 0 aromatic carbocycles. The first-order valence-electron chi connectivity index (χ1n) is 5.46. The van der Waals surface area contributed by atoms with Crippen molar-refractivity contribution in [2.75, 3.05) is 5.75 Å². The Morgan fingerprint density at radius 3 is 3.07 bits per heavy atom. The van der Waals surface area contributed by atoms with E-state index in [0.29, 0.717) is 17.6 Å². The van der Waals surface area contributed by atoms with Gasteiger partial charge in [0.15, 0.2) is 11.1 Å². The van der Waals surface area contributed by atoms with Crippen molar-refractivity contribution in [3.8, 4) is 0 Å². The minimum Gasteiger partial charge on any atom is -0.459 e. The SMILES string of the molecule is CCS(=O)OC1C2CC3C(=O)OC1C3C2. The number of carbonyl (C=O) groups excluding carboxylic acids is 1. The van der Waals surface area contributed by atoms with Crippen molar-refractivity contribution < 1.29 is 17.9 Å². The molecule has 6 atom stereocenters. The molecule has 3 rings (SSSR count). The lowest BCUT2D eigenvalue weighted by Crippen LogP contribution is -2.35. The number of ether oxygens (including phenoxy) is 1. The van der Waals surface area contributed by atoms with Gasteiger partial charge in [0.1, 0.15) is 12.2 Å². The fraction of sp³-hybridized carbons (Fsp3) is 0.900. The van der Waals surface area contributed by atoms with Crippen LogP contribution in [0.1, 0.15) is 19.8 Å². The average Bonchev–Trinajstić information content (AvgIpc) is 2.81. The lowest BCUT2D eigenvalue weighted by Gasteiger charge is -2.24. The van der Waals surface area contributed by atoms with E-state index in [1.807, 2.05) is 6.92 Å². The summed E-state index contributed by atoms with van der Waals surface area (Å²) in [5.74, 6) is 1.25. The summed E-state index contributed by atoms with van der Waals surface area (Å²) in [6, 6.07) is 0. The Morgan fingerprint density at radius 2 is 2.33 bits per heavy atom. The van der Waals surface area contributed by atoms with Gasteiger partial charge in [-0.3, -0.25) is 8.98 Å². The monoisotopic (exact) mass is 230 g/mol. The van der Waals surface area contributed by atoms with Gasteiger partial charge in [0.2, 0.25) is 0 Å². The molecule has 2 aliphatic carbocycles. The second-order valence-electron chi connectivity index (χ2n) is 4.56. The van der Waals surface area contributed by atoms with Gasteiger partial charge >= 0.3 is 5.97 Å². The summed E-state index contributed by atoms with van der Waals surface area (Å²) in [6.45, 7) is 1.83. The van der Waals surface area contributed by atoms with E-state index in [2.05, 4.69) is 0 Å². The molecule has 2 saturated carbocycles. The zero-order valence-corrected chi connectivity index (χ0v) is 9.37. The van der Waals surface area contributed by atoms with Gasteiger partial charge in [-0.1, -0.05) is 6.92 Å². The molecule has 0 radical (unpaired) electrons. The number of rotatable bonds is 3. The van der Waals surface area contributed by atoms with Crippen LogP contribution in [0.15, 0.2) is 0 Å². The molecule has 1 aliphatic heterocycles. The minimum absolute atomic E-state index is 0.0686. The van der Waals surface area contributed by atoms with E-state index < -0.39 is 11.1 Å². The molecule has 3 fully saturated rings. The van der Waals surface area contributed by atoms with Crippen LogP contribution >= 0.6 is 0 Å². The van der Waals surface area contributed by atoms with E-state index in [1.165, 1.54) is 0 Å². The molecule has 6 unspecified atom stereocenters. The van der Waals surface area contributed by atoms with Crippen LogP contribution in [0.5, 0.6) is 0 Å². The maximum atomic E-state index is 11.4. The molecule has 0 amide bonds. The van der Waals surface area contributed by atoms with E-state index in [4.69, 9.17) is 8.92 Å². The van der Waals surface area contributed by atoms with Crippen molar-refractivity contribution in [3.63, 3.8) is 0 Å². The Bertz CT molecular complexity index is 329. The Balaban J connectivity index is 1.78. The molecule has 0 spiro atoms. The third-order valence-corrected chi connectivity index (χ3v) is 4.78. The maximum Gasteiger partial charge on any atom is 0.309 e. The van der Waals surface area contributed by atoms with Gasteiger partial charge in [0.05, 0.1) is 5.92 Å². The maximum absolute atomic E-state index is 11.4. The van der Waals surface area contributed by atoms with E-state index >= 15 is 0 Å². The van der Waals surface area contributed by atoms with Crippen molar-refractivity contribution in [3.05, 3.63) is 0 Å². The number of carbonyl (C=O) groups is 1. The van der Waals surface area contributed by atoms with Crippen molar-refractivity contribution in [2.45, 2.75) is 32.0 Å². The second-order valence-corrected chi connectivity index (χ2v) is 5.93. The van der Waals surface area contributed by atoms with Gasteiger partial charge in [-0.05, 0) is 18.8 Å². The first kappa shape index (κ1) is 9.78. The van der Waals surface area contributed by atoms with Gasteiger partial charge < -0.3 is 4.74 Å². The molecule has 2 bridgehead atoms. The third kappa shape index (κ3) is 1.29. The smallest absolute Gasteiger partial charge is 0.309 e. The van der Waals surface area contributed by atoms with Crippen LogP contribution in [0.4, 0.5) is 0 Å². The lowest BCUT2D eigenvalue weighted by molar-refractivity contribution is -0.145. The fourth-order valence-electron chi connectivity index (χ4n) is 3.23. The first-order chi connectivity index (χ1) is 7.20. The molecule has 0 aromatic rings. The molecule has 1 saturated heterocycles. The lowest BCUT2D eigenvalue weighted by atomic mass is 9.88. The summed E-state index contributed by atoms with van der Waals surface area (Å²) in [5.41, 5.74) is 0. The molecular formula is C10H14O4S. The quantitative estimate of drug-likeness (QED) is 0.667.